The molecule has 5 unspecified atom stereocenters. The third-order valence-electron chi connectivity index (χ3n) is 5.57. The highest BCUT2D eigenvalue weighted by Crippen LogP contribution is 2.38. The third kappa shape index (κ3) is 7.55. The average Bonchev–Trinajstić information content (AvgIpc) is 3.31. The van der Waals surface area contributed by atoms with Crippen molar-refractivity contribution in [3.8, 4) is 5.75 Å². The van der Waals surface area contributed by atoms with Gasteiger partial charge in [-0.1, -0.05) is 30.3 Å². The lowest BCUT2D eigenvalue weighted by atomic mass is 10.2. The molecule has 2 aromatic heterocycles. The number of carbonyl (C=O) groups is 1. The van der Waals surface area contributed by atoms with E-state index in [4.69, 9.17) is 18.5 Å². The Bertz CT molecular complexity index is 1240. The van der Waals surface area contributed by atoms with Gasteiger partial charge in [0.1, 0.15) is 30.4 Å². The van der Waals surface area contributed by atoms with Crippen LogP contribution in [-0.2, 0) is 25.4 Å². The van der Waals surface area contributed by atoms with Crippen LogP contribution in [0.3, 0.4) is 0 Å². The van der Waals surface area contributed by atoms with Gasteiger partial charge in [0.2, 0.25) is 0 Å². The van der Waals surface area contributed by atoms with E-state index in [-0.39, 0.29) is 19.6 Å². The molecule has 4 rings (SSSR count). The second-order valence-electron chi connectivity index (χ2n) is 8.43. The minimum absolute atomic E-state index is 0.00955. The first kappa shape index (κ1) is 27.6. The highest BCUT2D eigenvalue weighted by atomic mass is 31.2. The molecule has 2 N–H and O–H groups in total. The summed E-state index contributed by atoms with van der Waals surface area (Å²) in [6.45, 7) is 1.72. The molecule has 1 aliphatic heterocycles. The van der Waals surface area contributed by atoms with Gasteiger partial charge in [0.05, 0.1) is 18.9 Å². The molecule has 1 fully saturated rings. The van der Waals surface area contributed by atoms with Gasteiger partial charge in [0.25, 0.3) is 0 Å². The summed E-state index contributed by atoms with van der Waals surface area (Å²) in [5.74, 6) is 0.310. The lowest BCUT2D eigenvalue weighted by Gasteiger charge is -2.23. The third-order valence-corrected chi connectivity index (χ3v) is 6.92. The lowest BCUT2D eigenvalue weighted by Crippen LogP contribution is -2.34. The number of hydrogen-bond acceptors (Lipinski definition) is 10. The minimum atomic E-state index is -1.87. The van der Waals surface area contributed by atoms with Crippen molar-refractivity contribution in [2.75, 3.05) is 19.0 Å². The molecule has 202 valence electrons. The zero-order valence-electron chi connectivity index (χ0n) is 20.9. The van der Waals surface area contributed by atoms with Gasteiger partial charge in [0, 0.05) is 25.9 Å². The fourth-order valence-corrected chi connectivity index (χ4v) is 4.80. The molecule has 0 spiro atoms. The van der Waals surface area contributed by atoms with E-state index >= 15 is 0 Å². The first-order valence-corrected chi connectivity index (χ1v) is 13.1. The number of halogens is 1. The minimum Gasteiger partial charge on any atom is -0.460 e. The van der Waals surface area contributed by atoms with Crippen molar-refractivity contribution < 1.29 is 27.7 Å². The summed E-state index contributed by atoms with van der Waals surface area (Å²) in [5.41, 5.74) is 0.236. The average molecular weight is 546 g/mol. The maximum Gasteiger partial charge on any atom is 0.351 e. The SMILES string of the molecule is CNc1ccn(C2OC(COP(NC(C)C(=O)OCc3ccccc3)Oc3cccnc3)CC2F)c(=O)n1. The van der Waals surface area contributed by atoms with E-state index in [2.05, 4.69) is 20.4 Å². The van der Waals surface area contributed by atoms with Crippen LogP contribution in [0.1, 0.15) is 25.1 Å². The molecule has 0 aliphatic carbocycles. The zero-order chi connectivity index (χ0) is 26.9. The lowest BCUT2D eigenvalue weighted by molar-refractivity contribution is -0.146. The molecule has 1 aliphatic rings. The van der Waals surface area contributed by atoms with Crippen molar-refractivity contribution in [1.29, 1.82) is 0 Å². The van der Waals surface area contributed by atoms with Gasteiger partial charge in [0.15, 0.2) is 6.23 Å². The monoisotopic (exact) mass is 545 g/mol. The molecule has 13 heteroatoms. The molecule has 0 amide bonds. The number of alkyl halides is 1. The molecule has 1 saturated heterocycles. The van der Waals surface area contributed by atoms with E-state index in [0.29, 0.717) is 11.6 Å². The molecule has 0 bridgehead atoms. The molecule has 0 radical (unpaired) electrons. The first-order chi connectivity index (χ1) is 18.4. The summed E-state index contributed by atoms with van der Waals surface area (Å²) in [6.07, 6.45) is 1.33. The smallest absolute Gasteiger partial charge is 0.351 e. The first-order valence-electron chi connectivity index (χ1n) is 12.0. The van der Waals surface area contributed by atoms with Gasteiger partial charge in [-0.25, -0.2) is 14.3 Å². The predicted octanol–water partition coefficient (Wildman–Crippen LogP) is 3.35. The molecule has 3 heterocycles. The van der Waals surface area contributed by atoms with Crippen LogP contribution in [0.2, 0.25) is 0 Å². The van der Waals surface area contributed by atoms with Gasteiger partial charge in [-0.3, -0.25) is 14.3 Å². The Morgan fingerprint density at radius 2 is 2.08 bits per heavy atom. The van der Waals surface area contributed by atoms with E-state index in [0.717, 1.165) is 10.1 Å². The fraction of sp³-hybridized carbons (Fsp3) is 0.360. The summed E-state index contributed by atoms with van der Waals surface area (Å²) in [5, 5.41) is 5.76. The summed E-state index contributed by atoms with van der Waals surface area (Å²) >= 11 is 0. The van der Waals surface area contributed by atoms with Crippen LogP contribution < -0.4 is 20.6 Å². The highest BCUT2D eigenvalue weighted by molar-refractivity contribution is 7.45. The number of nitrogens with one attached hydrogen (secondary N) is 2. The molecule has 5 atom stereocenters. The van der Waals surface area contributed by atoms with Gasteiger partial charge in [-0.2, -0.15) is 4.98 Å². The van der Waals surface area contributed by atoms with Crippen LogP contribution in [0.15, 0.2) is 71.9 Å². The largest absolute Gasteiger partial charge is 0.460 e. The topological polar surface area (TPSA) is 126 Å². The van der Waals surface area contributed by atoms with Crippen LogP contribution in [0.4, 0.5) is 10.2 Å². The van der Waals surface area contributed by atoms with E-state index in [9.17, 15) is 14.0 Å². The van der Waals surface area contributed by atoms with Crippen LogP contribution in [0.5, 0.6) is 5.75 Å². The van der Waals surface area contributed by atoms with E-state index in [1.54, 1.807) is 38.4 Å². The molecular weight excluding hydrogens is 516 g/mol. The van der Waals surface area contributed by atoms with E-state index in [1.807, 2.05) is 30.3 Å². The van der Waals surface area contributed by atoms with Crippen molar-refractivity contribution in [3.63, 3.8) is 0 Å². The second-order valence-corrected chi connectivity index (χ2v) is 9.64. The number of rotatable bonds is 12. The molecule has 3 aromatic rings. The van der Waals surface area contributed by atoms with E-state index < -0.39 is 44.7 Å². The zero-order valence-corrected chi connectivity index (χ0v) is 21.8. The van der Waals surface area contributed by atoms with Crippen molar-refractivity contribution in [1.82, 2.24) is 19.6 Å². The number of esters is 1. The number of nitrogens with zero attached hydrogens (tertiary/aromatic N) is 3. The van der Waals surface area contributed by atoms with Gasteiger partial charge in [-0.15, -0.1) is 0 Å². The molecule has 38 heavy (non-hydrogen) atoms. The quantitative estimate of drug-likeness (QED) is 0.259. The van der Waals surface area contributed by atoms with Crippen molar-refractivity contribution in [2.24, 2.45) is 0 Å². The number of ether oxygens (including phenoxy) is 2. The summed E-state index contributed by atoms with van der Waals surface area (Å²) in [6, 6.07) is 13.5. The molecular formula is C25H29FN5O6P. The maximum atomic E-state index is 14.8. The number of aromatic nitrogens is 3. The second kappa shape index (κ2) is 13.4. The Kier molecular flexibility index (Phi) is 9.72. The van der Waals surface area contributed by atoms with Gasteiger partial charge < -0.3 is 23.8 Å². The summed E-state index contributed by atoms with van der Waals surface area (Å²) in [7, 11) is -0.236. The van der Waals surface area contributed by atoms with Gasteiger partial charge >= 0.3 is 20.2 Å². The Hall–Kier alpha value is -3.44. The van der Waals surface area contributed by atoms with Crippen molar-refractivity contribution >= 4 is 20.3 Å². The molecule has 11 nitrogen and oxygen atoms in total. The number of anilines is 1. The van der Waals surface area contributed by atoms with Crippen LogP contribution in [-0.4, -0.2) is 52.5 Å². The Morgan fingerprint density at radius 1 is 1.26 bits per heavy atom. The summed E-state index contributed by atoms with van der Waals surface area (Å²) in [4.78, 5) is 32.7. The Morgan fingerprint density at radius 3 is 2.79 bits per heavy atom. The van der Waals surface area contributed by atoms with Crippen molar-refractivity contribution in [2.45, 2.75) is 44.5 Å². The van der Waals surface area contributed by atoms with Crippen LogP contribution in [0.25, 0.3) is 0 Å². The Labute approximate surface area is 220 Å². The van der Waals surface area contributed by atoms with E-state index in [1.165, 1.54) is 12.4 Å². The molecule has 1 aromatic carbocycles. The number of pyridine rings is 1. The normalized spacial score (nSPS) is 20.4. The van der Waals surface area contributed by atoms with Crippen LogP contribution >= 0.6 is 8.53 Å². The maximum absolute atomic E-state index is 14.8. The number of carbonyl (C=O) groups excluding carboxylic acids is 1. The summed E-state index contributed by atoms with van der Waals surface area (Å²) < 4.78 is 38.9. The standard InChI is InChI=1S/C25H29FN5O6P/c1-17(24(32)34-15-18-7-4-3-5-8-18)30-38(37-19-9-6-11-28-14-19)35-16-20-13-21(26)23(36-20)31-12-10-22(27-2)29-25(31)33/h3-12,14,17,20-21,23,30H,13,15-16H2,1-2H3,(H,27,29,33). The van der Waals surface area contributed by atoms with Crippen molar-refractivity contribution in [3.05, 3.63) is 83.2 Å². The highest BCUT2D eigenvalue weighted by Gasteiger charge is 2.38. The fourth-order valence-electron chi connectivity index (χ4n) is 3.60. The Balaban J connectivity index is 1.36. The number of benzene rings is 1. The predicted molar refractivity (Wildman–Crippen MR) is 138 cm³/mol. The molecule has 0 saturated carbocycles. The van der Waals surface area contributed by atoms with Gasteiger partial charge in [-0.05, 0) is 30.7 Å². The van der Waals surface area contributed by atoms with Crippen LogP contribution in [0, 0.1) is 0 Å². The number of hydrogen-bond donors (Lipinski definition) is 2.